The summed E-state index contributed by atoms with van der Waals surface area (Å²) >= 11 is 0. The number of rotatable bonds is 4. The Labute approximate surface area is 125 Å². The molecule has 1 aromatic carbocycles. The number of non-ortho nitro benzene ring substituents is 1. The maximum atomic E-state index is 11.8. The van der Waals surface area contributed by atoms with E-state index in [0.29, 0.717) is 11.5 Å². The largest absolute Gasteiger partial charge is 0.371 e. The summed E-state index contributed by atoms with van der Waals surface area (Å²) in [4.78, 5) is 24.4. The van der Waals surface area contributed by atoms with E-state index in [1.54, 1.807) is 6.07 Å². The maximum Gasteiger partial charge on any atom is 0.270 e. The number of nitro groups is 1. The summed E-state index contributed by atoms with van der Waals surface area (Å²) in [6.07, 6.45) is 2.21. The van der Waals surface area contributed by atoms with Gasteiger partial charge in [0.1, 0.15) is 0 Å². The first kappa shape index (κ1) is 15.5. The van der Waals surface area contributed by atoms with E-state index in [2.05, 4.69) is 18.7 Å². The van der Waals surface area contributed by atoms with Gasteiger partial charge in [0, 0.05) is 36.5 Å². The molecule has 0 aliphatic carbocycles. The Hall–Kier alpha value is -1.91. The predicted octanol–water partition coefficient (Wildman–Crippen LogP) is 3.67. The van der Waals surface area contributed by atoms with Crippen molar-refractivity contribution in [3.05, 3.63) is 33.9 Å². The summed E-state index contributed by atoms with van der Waals surface area (Å²) in [5.74, 6) is 1.27. The molecular weight excluding hydrogens is 268 g/mol. The van der Waals surface area contributed by atoms with Crippen LogP contribution in [0, 0.1) is 22.0 Å². The quantitative estimate of drug-likeness (QED) is 0.482. The van der Waals surface area contributed by atoms with Crippen molar-refractivity contribution in [3.63, 3.8) is 0 Å². The van der Waals surface area contributed by atoms with Gasteiger partial charge in [0.2, 0.25) is 0 Å². The van der Waals surface area contributed by atoms with Gasteiger partial charge in [0.25, 0.3) is 5.69 Å². The van der Waals surface area contributed by atoms with E-state index in [1.807, 2.05) is 0 Å². The Balaban J connectivity index is 2.24. The molecule has 5 nitrogen and oxygen atoms in total. The molecule has 0 N–H and O–H groups in total. The van der Waals surface area contributed by atoms with Gasteiger partial charge in [-0.3, -0.25) is 14.9 Å². The minimum absolute atomic E-state index is 0.0268. The molecular formula is C16H22N2O3. The highest BCUT2D eigenvalue weighted by Crippen LogP contribution is 2.31. The number of carbonyl (C=O) groups excluding carboxylic acids is 1. The monoisotopic (exact) mass is 290 g/mol. The van der Waals surface area contributed by atoms with E-state index in [-0.39, 0.29) is 11.5 Å². The molecule has 1 aliphatic rings. The van der Waals surface area contributed by atoms with Crippen molar-refractivity contribution < 1.29 is 9.72 Å². The third-order valence-corrected chi connectivity index (χ3v) is 4.39. The zero-order valence-electron chi connectivity index (χ0n) is 12.8. The Morgan fingerprint density at radius 1 is 1.33 bits per heavy atom. The molecule has 0 bridgehead atoms. The van der Waals surface area contributed by atoms with Crippen molar-refractivity contribution in [3.8, 4) is 0 Å². The summed E-state index contributed by atoms with van der Waals surface area (Å²) < 4.78 is 0. The van der Waals surface area contributed by atoms with E-state index in [9.17, 15) is 14.9 Å². The molecule has 1 heterocycles. The van der Waals surface area contributed by atoms with Gasteiger partial charge < -0.3 is 4.90 Å². The van der Waals surface area contributed by atoms with Crippen molar-refractivity contribution in [2.45, 2.75) is 33.6 Å². The van der Waals surface area contributed by atoms with Crippen LogP contribution in [0.4, 0.5) is 11.4 Å². The van der Waals surface area contributed by atoms with E-state index in [1.165, 1.54) is 19.1 Å². The lowest BCUT2D eigenvalue weighted by Crippen LogP contribution is -2.36. The number of benzene rings is 1. The fraction of sp³-hybridized carbons (Fsp3) is 0.562. The number of hydrogen-bond acceptors (Lipinski definition) is 4. The van der Waals surface area contributed by atoms with Crippen LogP contribution in [0.5, 0.6) is 0 Å². The second kappa shape index (κ2) is 6.24. The zero-order valence-corrected chi connectivity index (χ0v) is 12.8. The van der Waals surface area contributed by atoms with Gasteiger partial charge in [0.15, 0.2) is 5.78 Å². The fourth-order valence-corrected chi connectivity index (χ4v) is 3.00. The molecule has 0 atom stereocenters. The summed E-state index contributed by atoms with van der Waals surface area (Å²) in [5.41, 5.74) is 1.25. The van der Waals surface area contributed by atoms with Gasteiger partial charge in [0.05, 0.1) is 4.92 Å². The number of ketones is 1. The molecule has 1 saturated heterocycles. The van der Waals surface area contributed by atoms with Gasteiger partial charge in [-0.2, -0.15) is 0 Å². The van der Waals surface area contributed by atoms with E-state index >= 15 is 0 Å². The Morgan fingerprint density at radius 3 is 2.43 bits per heavy atom. The van der Waals surface area contributed by atoms with E-state index in [0.717, 1.165) is 37.5 Å². The highest BCUT2D eigenvalue weighted by molar-refractivity contribution is 6.00. The van der Waals surface area contributed by atoms with Gasteiger partial charge in [-0.25, -0.2) is 0 Å². The highest BCUT2D eigenvalue weighted by Gasteiger charge is 2.24. The molecule has 0 radical (unpaired) electrons. The van der Waals surface area contributed by atoms with Gasteiger partial charge >= 0.3 is 0 Å². The third kappa shape index (κ3) is 3.40. The lowest BCUT2D eigenvalue weighted by Gasteiger charge is -2.36. The second-order valence-electron chi connectivity index (χ2n) is 6.08. The van der Waals surface area contributed by atoms with Gasteiger partial charge in [-0.1, -0.05) is 13.8 Å². The van der Waals surface area contributed by atoms with E-state index in [4.69, 9.17) is 0 Å². The fourth-order valence-electron chi connectivity index (χ4n) is 3.00. The standard InChI is InChI=1S/C16H22N2O3/c1-11(2)13-6-8-17(9-7-13)16-5-4-14(18(20)21)10-15(16)12(3)19/h4-5,10-11,13H,6-9H2,1-3H3. The second-order valence-corrected chi connectivity index (χ2v) is 6.08. The summed E-state index contributed by atoms with van der Waals surface area (Å²) in [6.45, 7) is 7.76. The number of nitro benzene ring substituents is 1. The normalized spacial score (nSPS) is 16.3. The Bertz CT molecular complexity index is 546. The molecule has 114 valence electrons. The van der Waals surface area contributed by atoms with Crippen LogP contribution in [0.3, 0.4) is 0 Å². The first-order valence-electron chi connectivity index (χ1n) is 7.44. The molecule has 1 aliphatic heterocycles. The summed E-state index contributed by atoms with van der Waals surface area (Å²) in [5, 5.41) is 10.9. The van der Waals surface area contributed by atoms with Crippen LogP contribution in [0.1, 0.15) is 44.0 Å². The smallest absolute Gasteiger partial charge is 0.270 e. The molecule has 5 heteroatoms. The number of piperidine rings is 1. The number of nitrogens with zero attached hydrogens (tertiary/aromatic N) is 2. The minimum atomic E-state index is -0.457. The molecule has 0 spiro atoms. The van der Waals surface area contributed by atoms with Crippen LogP contribution in [-0.4, -0.2) is 23.8 Å². The first-order valence-corrected chi connectivity index (χ1v) is 7.44. The average Bonchev–Trinajstić information content (AvgIpc) is 2.46. The molecule has 0 saturated carbocycles. The van der Waals surface area contributed by atoms with Crippen molar-refractivity contribution >= 4 is 17.2 Å². The van der Waals surface area contributed by atoms with Crippen LogP contribution >= 0.6 is 0 Å². The van der Waals surface area contributed by atoms with Crippen LogP contribution in [0.15, 0.2) is 18.2 Å². The Morgan fingerprint density at radius 2 is 1.95 bits per heavy atom. The maximum absolute atomic E-state index is 11.8. The molecule has 0 amide bonds. The zero-order chi connectivity index (χ0) is 15.6. The Kier molecular flexibility index (Phi) is 4.60. The molecule has 1 fully saturated rings. The molecule has 1 aromatic rings. The highest BCUT2D eigenvalue weighted by atomic mass is 16.6. The number of carbonyl (C=O) groups is 1. The van der Waals surface area contributed by atoms with Gasteiger partial charge in [-0.05, 0) is 37.7 Å². The van der Waals surface area contributed by atoms with Crippen LogP contribution in [-0.2, 0) is 0 Å². The topological polar surface area (TPSA) is 63.4 Å². The SMILES string of the molecule is CC(=O)c1cc([N+](=O)[O-])ccc1N1CCC(C(C)C)CC1. The number of anilines is 1. The minimum Gasteiger partial charge on any atom is -0.371 e. The van der Waals surface area contributed by atoms with E-state index < -0.39 is 4.92 Å². The number of hydrogen-bond donors (Lipinski definition) is 0. The third-order valence-electron chi connectivity index (χ3n) is 4.39. The lowest BCUT2D eigenvalue weighted by atomic mass is 9.86. The molecule has 21 heavy (non-hydrogen) atoms. The van der Waals surface area contributed by atoms with Crippen LogP contribution < -0.4 is 4.90 Å². The van der Waals surface area contributed by atoms with Crippen molar-refractivity contribution in [2.75, 3.05) is 18.0 Å². The van der Waals surface area contributed by atoms with Crippen LogP contribution in [0.25, 0.3) is 0 Å². The average molecular weight is 290 g/mol. The van der Waals surface area contributed by atoms with Crippen LogP contribution in [0.2, 0.25) is 0 Å². The first-order chi connectivity index (χ1) is 9.90. The molecule has 0 unspecified atom stereocenters. The van der Waals surface area contributed by atoms with Gasteiger partial charge in [-0.15, -0.1) is 0 Å². The summed E-state index contributed by atoms with van der Waals surface area (Å²) in [6, 6.07) is 4.59. The molecule has 2 rings (SSSR count). The van der Waals surface area contributed by atoms with Crippen molar-refractivity contribution in [2.24, 2.45) is 11.8 Å². The summed E-state index contributed by atoms with van der Waals surface area (Å²) in [7, 11) is 0. The number of Topliss-reactive ketones (excluding diaryl/α,β-unsaturated/α-hetero) is 1. The molecule has 0 aromatic heterocycles. The van der Waals surface area contributed by atoms with Crippen molar-refractivity contribution in [1.29, 1.82) is 0 Å². The lowest BCUT2D eigenvalue weighted by molar-refractivity contribution is -0.384. The van der Waals surface area contributed by atoms with Crippen molar-refractivity contribution in [1.82, 2.24) is 0 Å². The predicted molar refractivity (Wildman–Crippen MR) is 82.9 cm³/mol.